The van der Waals surface area contributed by atoms with Gasteiger partial charge in [-0.05, 0) is 38.1 Å². The summed E-state index contributed by atoms with van der Waals surface area (Å²) in [6.07, 6.45) is 0. The van der Waals surface area contributed by atoms with Crippen molar-refractivity contribution in [3.05, 3.63) is 131 Å². The molecule has 4 aromatic rings. The minimum Gasteiger partial charge on any atom is -0.246 e. The minimum atomic E-state index is 0.853. The maximum Gasteiger partial charge on any atom is 0.0972 e. The molecule has 4 aromatic carbocycles. The lowest BCUT2D eigenvalue weighted by Gasteiger charge is -2.12. The molecule has 4 rings (SSSR count). The van der Waals surface area contributed by atoms with Crippen molar-refractivity contribution in [3.8, 4) is 0 Å². The summed E-state index contributed by atoms with van der Waals surface area (Å²) in [5.41, 5.74) is 8.02. The highest BCUT2D eigenvalue weighted by Crippen LogP contribution is 2.21. The summed E-state index contributed by atoms with van der Waals surface area (Å²) in [7, 11) is 0. The second kappa shape index (κ2) is 9.15. The summed E-state index contributed by atoms with van der Waals surface area (Å²) in [4.78, 5) is 10.1. The van der Waals surface area contributed by atoms with Crippen LogP contribution in [-0.2, 0) is 0 Å². The Labute approximate surface area is 178 Å². The van der Waals surface area contributed by atoms with Crippen LogP contribution in [0.1, 0.15) is 22.3 Å². The van der Waals surface area contributed by atoms with Crippen LogP contribution in [0.3, 0.4) is 0 Å². The van der Waals surface area contributed by atoms with E-state index in [4.69, 9.17) is 9.98 Å². The average molecular weight is 389 g/mol. The molecule has 0 heterocycles. The highest BCUT2D eigenvalue weighted by atomic mass is 14.8. The van der Waals surface area contributed by atoms with Gasteiger partial charge in [-0.1, -0.05) is 96.1 Å². The second-order valence-electron chi connectivity index (χ2n) is 7.32. The van der Waals surface area contributed by atoms with Crippen molar-refractivity contribution in [2.45, 2.75) is 13.8 Å². The van der Waals surface area contributed by atoms with E-state index in [0.29, 0.717) is 0 Å². The van der Waals surface area contributed by atoms with Gasteiger partial charge in [0.05, 0.1) is 22.8 Å². The summed E-state index contributed by atoms with van der Waals surface area (Å²) >= 11 is 0. The lowest BCUT2D eigenvalue weighted by molar-refractivity contribution is 1.42. The van der Waals surface area contributed by atoms with Crippen molar-refractivity contribution in [2.24, 2.45) is 9.98 Å². The fraction of sp³-hybridized carbons (Fsp3) is 0.0714. The van der Waals surface area contributed by atoms with Crippen molar-refractivity contribution in [1.82, 2.24) is 0 Å². The molecule has 0 bridgehead atoms. The van der Waals surface area contributed by atoms with Gasteiger partial charge >= 0.3 is 0 Å². The van der Waals surface area contributed by atoms with Crippen LogP contribution in [0.15, 0.2) is 119 Å². The first-order chi connectivity index (χ1) is 14.7. The summed E-state index contributed by atoms with van der Waals surface area (Å²) in [6, 6.07) is 37.1. The predicted molar refractivity (Wildman–Crippen MR) is 128 cm³/mol. The van der Waals surface area contributed by atoms with E-state index in [-0.39, 0.29) is 0 Å². The maximum atomic E-state index is 5.05. The van der Waals surface area contributed by atoms with Gasteiger partial charge in [0.1, 0.15) is 0 Å². The van der Waals surface area contributed by atoms with E-state index in [1.54, 1.807) is 0 Å². The topological polar surface area (TPSA) is 24.7 Å². The van der Waals surface area contributed by atoms with Crippen LogP contribution in [0.2, 0.25) is 0 Å². The first kappa shape index (κ1) is 19.5. The number of benzene rings is 4. The molecular formula is C28H24N2. The van der Waals surface area contributed by atoms with Gasteiger partial charge in [-0.15, -0.1) is 0 Å². The van der Waals surface area contributed by atoms with Gasteiger partial charge in [0.15, 0.2) is 0 Å². The lowest BCUT2D eigenvalue weighted by atomic mass is 9.99. The molecule has 0 amide bonds. The van der Waals surface area contributed by atoms with Gasteiger partial charge < -0.3 is 0 Å². The van der Waals surface area contributed by atoms with Crippen molar-refractivity contribution in [2.75, 3.05) is 0 Å². The monoisotopic (exact) mass is 388 g/mol. The number of hydrogen-bond donors (Lipinski definition) is 0. The number of hydrogen-bond acceptors (Lipinski definition) is 2. The zero-order valence-corrected chi connectivity index (χ0v) is 17.3. The third-order valence-corrected chi connectivity index (χ3v) is 4.87. The van der Waals surface area contributed by atoms with Gasteiger partial charge in [-0.25, -0.2) is 9.98 Å². The van der Waals surface area contributed by atoms with Crippen LogP contribution in [-0.4, -0.2) is 11.4 Å². The Hall–Kier alpha value is -3.78. The molecule has 0 radical (unpaired) electrons. The van der Waals surface area contributed by atoms with Gasteiger partial charge in [-0.2, -0.15) is 0 Å². The number of aliphatic imine (C=N–C) groups is 2. The molecule has 0 unspecified atom stereocenters. The normalized spacial score (nSPS) is 12.1. The van der Waals surface area contributed by atoms with Crippen LogP contribution >= 0.6 is 0 Å². The molecular weight excluding hydrogens is 364 g/mol. The average Bonchev–Trinajstić information content (AvgIpc) is 2.80. The van der Waals surface area contributed by atoms with E-state index in [1.807, 2.05) is 60.7 Å². The molecule has 2 heteroatoms. The molecule has 0 saturated heterocycles. The van der Waals surface area contributed by atoms with Crippen molar-refractivity contribution < 1.29 is 0 Å². The molecule has 0 aliphatic heterocycles. The minimum absolute atomic E-state index is 0.853. The van der Waals surface area contributed by atoms with Gasteiger partial charge in [0, 0.05) is 11.1 Å². The molecule has 0 aliphatic rings. The first-order valence-corrected chi connectivity index (χ1v) is 10.1. The van der Waals surface area contributed by atoms with E-state index in [9.17, 15) is 0 Å². The highest BCUT2D eigenvalue weighted by Gasteiger charge is 2.15. The molecule has 146 valence electrons. The van der Waals surface area contributed by atoms with Crippen molar-refractivity contribution >= 4 is 22.8 Å². The zero-order chi connectivity index (χ0) is 20.8. The van der Waals surface area contributed by atoms with E-state index < -0.39 is 0 Å². The second-order valence-corrected chi connectivity index (χ2v) is 7.32. The quantitative estimate of drug-likeness (QED) is 0.322. The van der Waals surface area contributed by atoms with Crippen LogP contribution in [0, 0.1) is 13.8 Å². The van der Waals surface area contributed by atoms with E-state index >= 15 is 0 Å². The van der Waals surface area contributed by atoms with Gasteiger partial charge in [0.2, 0.25) is 0 Å². The molecule has 0 spiro atoms. The largest absolute Gasteiger partial charge is 0.246 e. The smallest absolute Gasteiger partial charge is 0.0972 e. The molecule has 0 fully saturated rings. The molecule has 2 nitrogen and oxygen atoms in total. The number of aryl methyl sites for hydroxylation is 2. The van der Waals surface area contributed by atoms with Gasteiger partial charge in [0.25, 0.3) is 0 Å². The Balaban J connectivity index is 1.93. The van der Waals surface area contributed by atoms with Crippen LogP contribution < -0.4 is 0 Å². The molecule has 0 atom stereocenters. The van der Waals surface area contributed by atoms with Crippen molar-refractivity contribution in [1.29, 1.82) is 0 Å². The third-order valence-electron chi connectivity index (χ3n) is 4.87. The molecule has 0 aromatic heterocycles. The van der Waals surface area contributed by atoms with Crippen molar-refractivity contribution in [3.63, 3.8) is 0 Å². The highest BCUT2D eigenvalue weighted by molar-refractivity contribution is 6.54. The van der Waals surface area contributed by atoms with Crippen LogP contribution in [0.25, 0.3) is 0 Å². The Morgan fingerprint density at radius 3 is 1.10 bits per heavy atom. The zero-order valence-electron chi connectivity index (χ0n) is 17.3. The molecule has 0 N–H and O–H groups in total. The Kier molecular flexibility index (Phi) is 5.95. The van der Waals surface area contributed by atoms with E-state index in [1.165, 1.54) is 11.1 Å². The lowest BCUT2D eigenvalue weighted by Crippen LogP contribution is -2.17. The van der Waals surface area contributed by atoms with Gasteiger partial charge in [-0.3, -0.25) is 0 Å². The summed E-state index contributed by atoms with van der Waals surface area (Å²) in [5.74, 6) is 0. The fourth-order valence-corrected chi connectivity index (χ4v) is 3.20. The fourth-order valence-electron chi connectivity index (χ4n) is 3.20. The third kappa shape index (κ3) is 4.79. The Morgan fingerprint density at radius 1 is 0.433 bits per heavy atom. The SMILES string of the molecule is Cc1ccc(N=C(C(=Nc2ccc(C)cc2)c2ccccc2)c2ccccc2)cc1. The Bertz CT molecular complexity index is 1060. The molecule has 0 saturated carbocycles. The van der Waals surface area contributed by atoms with Crippen LogP contribution in [0.4, 0.5) is 11.4 Å². The number of nitrogens with zero attached hydrogens (tertiary/aromatic N) is 2. The van der Waals surface area contributed by atoms with E-state index in [0.717, 1.165) is 33.9 Å². The Morgan fingerprint density at radius 2 is 0.767 bits per heavy atom. The van der Waals surface area contributed by atoms with Crippen LogP contribution in [0.5, 0.6) is 0 Å². The van der Waals surface area contributed by atoms with E-state index in [2.05, 4.69) is 62.4 Å². The predicted octanol–water partition coefficient (Wildman–Crippen LogP) is 7.25. The first-order valence-electron chi connectivity index (χ1n) is 10.1. The number of rotatable bonds is 5. The molecule has 0 aliphatic carbocycles. The summed E-state index contributed by atoms with van der Waals surface area (Å²) in [6.45, 7) is 4.17. The maximum absolute atomic E-state index is 5.05. The standard InChI is InChI=1S/C28H24N2/c1-21-13-17-25(18-14-21)29-27(23-9-5-3-6-10-23)28(24-11-7-4-8-12-24)30-26-19-15-22(2)16-20-26/h3-20H,1-2H3. The summed E-state index contributed by atoms with van der Waals surface area (Å²) in [5, 5.41) is 0. The molecule has 30 heavy (non-hydrogen) atoms. The summed E-state index contributed by atoms with van der Waals surface area (Å²) < 4.78 is 0.